The number of nitrogens with zero attached hydrogens (tertiary/aromatic N) is 2. The highest BCUT2D eigenvalue weighted by Crippen LogP contribution is 2.20. The highest BCUT2D eigenvalue weighted by Gasteiger charge is 2.23. The Morgan fingerprint density at radius 3 is 2.60 bits per heavy atom. The third kappa shape index (κ3) is 4.10. The average molecular weight is 340 g/mol. The number of likely N-dealkylation sites (tertiary alicyclic amines) is 1. The topological polar surface area (TPSA) is 61.0 Å². The van der Waals surface area contributed by atoms with Gasteiger partial charge in [0.05, 0.1) is 10.9 Å². The van der Waals surface area contributed by atoms with Gasteiger partial charge in [0.2, 0.25) is 0 Å². The Balaban J connectivity index is 1.28. The molecule has 2 heterocycles. The van der Waals surface area contributed by atoms with Crippen molar-refractivity contribution >= 4 is 10.9 Å². The standard InChI is InChI=1S/C20H28N4O/c25-20-17-7-3-4-8-18(17)22-19(23-20)11-14-24-12-9-16(10-13-24)21-15-5-1-2-6-15/h3-4,7-8,15-16,21H,1-2,5-6,9-14H2,(H,22,23,25). The number of benzene rings is 1. The van der Waals surface area contributed by atoms with Gasteiger partial charge in [0.25, 0.3) is 5.56 Å². The molecule has 1 saturated heterocycles. The summed E-state index contributed by atoms with van der Waals surface area (Å²) in [4.78, 5) is 22.2. The fourth-order valence-corrected chi connectivity index (χ4v) is 4.27. The first-order valence-electron chi connectivity index (χ1n) is 9.74. The van der Waals surface area contributed by atoms with Crippen molar-refractivity contribution in [1.82, 2.24) is 20.2 Å². The Bertz CT molecular complexity index is 758. The molecular weight excluding hydrogens is 312 g/mol. The molecule has 2 aliphatic rings. The lowest BCUT2D eigenvalue weighted by atomic mass is 10.0. The smallest absolute Gasteiger partial charge is 0.258 e. The Hall–Kier alpha value is -1.72. The number of aromatic amines is 1. The van der Waals surface area contributed by atoms with E-state index in [9.17, 15) is 4.79 Å². The number of rotatable bonds is 5. The Morgan fingerprint density at radius 1 is 1.08 bits per heavy atom. The minimum absolute atomic E-state index is 0.0277. The number of H-pyrrole nitrogens is 1. The lowest BCUT2D eigenvalue weighted by Gasteiger charge is -2.33. The number of para-hydroxylation sites is 1. The van der Waals surface area contributed by atoms with Crippen LogP contribution in [0, 0.1) is 0 Å². The van der Waals surface area contributed by atoms with Gasteiger partial charge in [-0.3, -0.25) is 4.79 Å². The molecule has 5 nitrogen and oxygen atoms in total. The Morgan fingerprint density at radius 2 is 1.80 bits per heavy atom. The summed E-state index contributed by atoms with van der Waals surface area (Å²) in [7, 11) is 0. The monoisotopic (exact) mass is 340 g/mol. The molecule has 2 N–H and O–H groups in total. The second kappa shape index (κ2) is 7.67. The van der Waals surface area contributed by atoms with E-state index in [0.29, 0.717) is 11.4 Å². The first-order chi connectivity index (χ1) is 12.3. The van der Waals surface area contributed by atoms with Gasteiger partial charge in [0, 0.05) is 25.0 Å². The number of piperidine rings is 1. The molecule has 1 saturated carbocycles. The van der Waals surface area contributed by atoms with Crippen molar-refractivity contribution in [3.8, 4) is 0 Å². The number of nitrogens with one attached hydrogen (secondary N) is 2. The van der Waals surface area contributed by atoms with Gasteiger partial charge in [-0.15, -0.1) is 0 Å². The van der Waals surface area contributed by atoms with E-state index >= 15 is 0 Å². The highest BCUT2D eigenvalue weighted by molar-refractivity contribution is 5.77. The molecule has 5 heteroatoms. The summed E-state index contributed by atoms with van der Waals surface area (Å²) < 4.78 is 0. The quantitative estimate of drug-likeness (QED) is 0.878. The molecule has 0 atom stereocenters. The summed E-state index contributed by atoms with van der Waals surface area (Å²) in [5, 5.41) is 4.52. The van der Waals surface area contributed by atoms with Gasteiger partial charge in [0.1, 0.15) is 5.82 Å². The van der Waals surface area contributed by atoms with Crippen molar-refractivity contribution in [3.63, 3.8) is 0 Å². The second-order valence-electron chi connectivity index (χ2n) is 7.54. The van der Waals surface area contributed by atoms with Crippen molar-refractivity contribution in [1.29, 1.82) is 0 Å². The zero-order valence-corrected chi connectivity index (χ0v) is 14.8. The molecule has 134 valence electrons. The van der Waals surface area contributed by atoms with E-state index in [4.69, 9.17) is 0 Å². The van der Waals surface area contributed by atoms with Crippen LogP contribution < -0.4 is 10.9 Å². The largest absolute Gasteiger partial charge is 0.311 e. The van der Waals surface area contributed by atoms with E-state index in [1.165, 1.54) is 38.5 Å². The molecule has 1 aliphatic heterocycles. The van der Waals surface area contributed by atoms with Crippen LogP contribution in [0.4, 0.5) is 0 Å². The van der Waals surface area contributed by atoms with Gasteiger partial charge < -0.3 is 15.2 Å². The zero-order valence-electron chi connectivity index (χ0n) is 14.8. The van der Waals surface area contributed by atoms with E-state index in [1.807, 2.05) is 24.3 Å². The van der Waals surface area contributed by atoms with Gasteiger partial charge in [0.15, 0.2) is 0 Å². The molecule has 1 aromatic heterocycles. The van der Waals surface area contributed by atoms with Crippen LogP contribution in [0.5, 0.6) is 0 Å². The maximum absolute atomic E-state index is 12.1. The predicted octanol–water partition coefficient (Wildman–Crippen LogP) is 2.46. The molecule has 0 amide bonds. The second-order valence-corrected chi connectivity index (χ2v) is 7.54. The van der Waals surface area contributed by atoms with E-state index in [0.717, 1.165) is 43.4 Å². The SMILES string of the molecule is O=c1[nH]c(CCN2CCC(NC3CCCC3)CC2)nc2ccccc12. The van der Waals surface area contributed by atoms with Crippen molar-refractivity contribution in [3.05, 3.63) is 40.4 Å². The lowest BCUT2D eigenvalue weighted by Crippen LogP contribution is -2.46. The third-order valence-corrected chi connectivity index (χ3v) is 5.74. The van der Waals surface area contributed by atoms with Gasteiger partial charge in [-0.1, -0.05) is 25.0 Å². The van der Waals surface area contributed by atoms with Crippen molar-refractivity contribution in [2.75, 3.05) is 19.6 Å². The maximum atomic E-state index is 12.1. The summed E-state index contributed by atoms with van der Waals surface area (Å²) >= 11 is 0. The summed E-state index contributed by atoms with van der Waals surface area (Å²) in [6.45, 7) is 3.25. The molecule has 2 fully saturated rings. The predicted molar refractivity (Wildman–Crippen MR) is 101 cm³/mol. The molecule has 0 spiro atoms. The van der Waals surface area contributed by atoms with Gasteiger partial charge in [-0.2, -0.15) is 0 Å². The van der Waals surface area contributed by atoms with E-state index in [1.54, 1.807) is 0 Å². The van der Waals surface area contributed by atoms with Crippen LogP contribution in [-0.4, -0.2) is 46.6 Å². The van der Waals surface area contributed by atoms with Crippen molar-refractivity contribution < 1.29 is 0 Å². The minimum Gasteiger partial charge on any atom is -0.311 e. The van der Waals surface area contributed by atoms with E-state index in [2.05, 4.69) is 20.2 Å². The van der Waals surface area contributed by atoms with Crippen LogP contribution in [-0.2, 0) is 6.42 Å². The number of fused-ring (bicyclic) bond motifs is 1. The fourth-order valence-electron chi connectivity index (χ4n) is 4.27. The van der Waals surface area contributed by atoms with Gasteiger partial charge >= 0.3 is 0 Å². The third-order valence-electron chi connectivity index (χ3n) is 5.74. The minimum atomic E-state index is -0.0277. The molecule has 0 unspecified atom stereocenters. The molecule has 0 bridgehead atoms. The molecular formula is C20H28N4O. The zero-order chi connectivity index (χ0) is 17.1. The Kier molecular flexibility index (Phi) is 5.13. The first-order valence-corrected chi connectivity index (χ1v) is 9.74. The summed E-state index contributed by atoms with van der Waals surface area (Å²) in [6.07, 6.45) is 8.79. The lowest BCUT2D eigenvalue weighted by molar-refractivity contribution is 0.192. The van der Waals surface area contributed by atoms with Crippen LogP contribution >= 0.6 is 0 Å². The summed E-state index contributed by atoms with van der Waals surface area (Å²) in [5.41, 5.74) is 0.765. The molecule has 4 rings (SSSR count). The normalized spacial score (nSPS) is 20.5. The van der Waals surface area contributed by atoms with E-state index < -0.39 is 0 Å². The number of aromatic nitrogens is 2. The molecule has 1 aliphatic carbocycles. The molecule has 0 radical (unpaired) electrons. The number of hydrogen-bond donors (Lipinski definition) is 2. The van der Waals surface area contributed by atoms with E-state index in [-0.39, 0.29) is 5.56 Å². The molecule has 2 aromatic rings. The van der Waals surface area contributed by atoms with Crippen LogP contribution in [0.3, 0.4) is 0 Å². The van der Waals surface area contributed by atoms with Crippen molar-refractivity contribution in [2.24, 2.45) is 0 Å². The van der Waals surface area contributed by atoms with Gasteiger partial charge in [-0.05, 0) is 50.9 Å². The first kappa shape index (κ1) is 16.7. The van der Waals surface area contributed by atoms with Crippen LogP contribution in [0.1, 0.15) is 44.3 Å². The molecule has 25 heavy (non-hydrogen) atoms. The van der Waals surface area contributed by atoms with Crippen LogP contribution in [0.15, 0.2) is 29.1 Å². The summed E-state index contributed by atoms with van der Waals surface area (Å²) in [6, 6.07) is 9.01. The molecule has 1 aromatic carbocycles. The average Bonchev–Trinajstić information content (AvgIpc) is 3.14. The van der Waals surface area contributed by atoms with Gasteiger partial charge in [-0.25, -0.2) is 4.98 Å². The van der Waals surface area contributed by atoms with Crippen molar-refractivity contribution in [2.45, 2.75) is 57.0 Å². The Labute approximate surface area is 148 Å². The van der Waals surface area contributed by atoms with Crippen LogP contribution in [0.25, 0.3) is 10.9 Å². The summed E-state index contributed by atoms with van der Waals surface area (Å²) in [5.74, 6) is 0.801. The van der Waals surface area contributed by atoms with Crippen LogP contribution in [0.2, 0.25) is 0 Å². The highest BCUT2D eigenvalue weighted by atomic mass is 16.1. The number of hydrogen-bond acceptors (Lipinski definition) is 4. The fraction of sp³-hybridized carbons (Fsp3) is 0.600. The maximum Gasteiger partial charge on any atom is 0.258 e.